The lowest BCUT2D eigenvalue weighted by atomic mass is 10.0. The Morgan fingerprint density at radius 3 is 2.50 bits per heavy atom. The largest absolute Gasteiger partial charge is 0.363 e. The molecular formula is C14H18ClN3. The number of aromatic nitrogens is 2. The third kappa shape index (κ3) is 2.72. The van der Waals surface area contributed by atoms with Crippen LogP contribution in [0.4, 0.5) is 5.82 Å². The van der Waals surface area contributed by atoms with Crippen LogP contribution in [0.2, 0.25) is 0 Å². The molecule has 3 nitrogen and oxygen atoms in total. The van der Waals surface area contributed by atoms with Crippen molar-refractivity contribution in [2.75, 3.05) is 11.2 Å². The summed E-state index contributed by atoms with van der Waals surface area (Å²) in [4.78, 5) is 0. The second-order valence-electron chi connectivity index (χ2n) is 5.13. The van der Waals surface area contributed by atoms with E-state index in [-0.39, 0.29) is 5.54 Å². The van der Waals surface area contributed by atoms with Crippen LogP contribution in [0.15, 0.2) is 24.3 Å². The lowest BCUT2D eigenvalue weighted by Crippen LogP contribution is -2.32. The van der Waals surface area contributed by atoms with Crippen LogP contribution in [0, 0.1) is 6.92 Å². The Morgan fingerprint density at radius 1 is 1.17 bits per heavy atom. The van der Waals surface area contributed by atoms with Gasteiger partial charge in [-0.3, -0.25) is 0 Å². The number of alkyl halides is 1. The van der Waals surface area contributed by atoms with Crippen molar-refractivity contribution >= 4 is 28.2 Å². The fourth-order valence-corrected chi connectivity index (χ4v) is 2.42. The number of rotatable bonds is 4. The van der Waals surface area contributed by atoms with Crippen molar-refractivity contribution < 1.29 is 0 Å². The highest BCUT2D eigenvalue weighted by atomic mass is 35.5. The van der Waals surface area contributed by atoms with Gasteiger partial charge in [-0.05, 0) is 27.2 Å². The van der Waals surface area contributed by atoms with Crippen molar-refractivity contribution in [2.45, 2.75) is 32.7 Å². The van der Waals surface area contributed by atoms with E-state index in [2.05, 4.69) is 41.5 Å². The van der Waals surface area contributed by atoms with Gasteiger partial charge in [0.05, 0.1) is 5.69 Å². The summed E-state index contributed by atoms with van der Waals surface area (Å²) in [5.41, 5.74) is 0.861. The van der Waals surface area contributed by atoms with Crippen molar-refractivity contribution in [3.63, 3.8) is 0 Å². The summed E-state index contributed by atoms with van der Waals surface area (Å²) in [7, 11) is 0. The fourth-order valence-electron chi connectivity index (χ4n) is 1.95. The standard InChI is InChI=1S/C14H18ClN3/c1-10-11-6-4-5-7-12(11)13(18-17-10)16-14(2,3)8-9-15/h4-7H,8-9H2,1-3H3,(H,16,18). The molecule has 0 radical (unpaired) electrons. The van der Waals surface area contributed by atoms with Gasteiger partial charge in [-0.25, -0.2) is 0 Å². The van der Waals surface area contributed by atoms with E-state index in [1.165, 1.54) is 0 Å². The van der Waals surface area contributed by atoms with Gasteiger partial charge in [-0.15, -0.1) is 16.7 Å². The molecule has 0 saturated heterocycles. The summed E-state index contributed by atoms with van der Waals surface area (Å²) in [6.45, 7) is 6.21. The van der Waals surface area contributed by atoms with E-state index in [0.717, 1.165) is 28.7 Å². The molecule has 4 heteroatoms. The zero-order valence-corrected chi connectivity index (χ0v) is 11.8. The third-order valence-electron chi connectivity index (χ3n) is 3.05. The summed E-state index contributed by atoms with van der Waals surface area (Å²) in [6, 6.07) is 8.17. The minimum absolute atomic E-state index is 0.0888. The number of hydrogen-bond donors (Lipinski definition) is 1. The highest BCUT2D eigenvalue weighted by Gasteiger charge is 2.19. The quantitative estimate of drug-likeness (QED) is 0.854. The summed E-state index contributed by atoms with van der Waals surface area (Å²) in [5.74, 6) is 1.45. The molecular weight excluding hydrogens is 246 g/mol. The highest BCUT2D eigenvalue weighted by molar-refractivity contribution is 6.17. The van der Waals surface area contributed by atoms with Crippen molar-refractivity contribution in [2.24, 2.45) is 0 Å². The maximum absolute atomic E-state index is 5.82. The summed E-state index contributed by atoms with van der Waals surface area (Å²) in [6.07, 6.45) is 0.873. The first-order valence-electron chi connectivity index (χ1n) is 6.10. The second kappa shape index (κ2) is 5.11. The zero-order chi connectivity index (χ0) is 13.2. The summed E-state index contributed by atoms with van der Waals surface area (Å²) >= 11 is 5.82. The molecule has 1 N–H and O–H groups in total. The van der Waals surface area contributed by atoms with Gasteiger partial charge in [0, 0.05) is 22.2 Å². The number of hydrogen-bond acceptors (Lipinski definition) is 3. The fraction of sp³-hybridized carbons (Fsp3) is 0.429. The van der Waals surface area contributed by atoms with E-state index in [0.29, 0.717) is 5.88 Å². The van der Waals surface area contributed by atoms with Crippen LogP contribution in [0.5, 0.6) is 0 Å². The van der Waals surface area contributed by atoms with Crippen molar-refractivity contribution in [1.29, 1.82) is 0 Å². The Balaban J connectivity index is 2.43. The molecule has 0 unspecified atom stereocenters. The van der Waals surface area contributed by atoms with Gasteiger partial charge >= 0.3 is 0 Å². The zero-order valence-electron chi connectivity index (χ0n) is 11.0. The number of benzene rings is 1. The molecule has 0 aliphatic rings. The van der Waals surface area contributed by atoms with Gasteiger partial charge < -0.3 is 5.32 Å². The first-order chi connectivity index (χ1) is 8.53. The minimum atomic E-state index is -0.0888. The maximum atomic E-state index is 5.82. The normalized spacial score (nSPS) is 11.8. The Morgan fingerprint density at radius 2 is 1.83 bits per heavy atom. The SMILES string of the molecule is Cc1nnc(NC(C)(C)CCCl)c2ccccc12. The first-order valence-corrected chi connectivity index (χ1v) is 6.63. The van der Waals surface area contributed by atoms with E-state index in [1.54, 1.807) is 0 Å². The molecule has 1 heterocycles. The molecule has 0 fully saturated rings. The number of fused-ring (bicyclic) bond motifs is 1. The molecule has 18 heavy (non-hydrogen) atoms. The van der Waals surface area contributed by atoms with Gasteiger partial charge in [0.1, 0.15) is 0 Å². The number of nitrogens with one attached hydrogen (secondary N) is 1. The molecule has 0 atom stereocenters. The Hall–Kier alpha value is -1.35. The number of halogens is 1. The lowest BCUT2D eigenvalue weighted by molar-refractivity contribution is 0.547. The van der Waals surface area contributed by atoms with Crippen LogP contribution < -0.4 is 5.32 Å². The van der Waals surface area contributed by atoms with E-state index >= 15 is 0 Å². The summed E-state index contributed by atoms with van der Waals surface area (Å²) in [5, 5.41) is 14.1. The molecule has 96 valence electrons. The van der Waals surface area contributed by atoms with E-state index in [4.69, 9.17) is 11.6 Å². The molecule has 0 aliphatic heterocycles. The van der Waals surface area contributed by atoms with Gasteiger partial charge in [0.15, 0.2) is 5.82 Å². The molecule has 1 aromatic carbocycles. The first kappa shape index (κ1) is 13.1. The topological polar surface area (TPSA) is 37.8 Å². The average Bonchev–Trinajstić information content (AvgIpc) is 2.33. The molecule has 0 spiro atoms. The van der Waals surface area contributed by atoms with Gasteiger partial charge in [-0.2, -0.15) is 5.10 Å². The Kier molecular flexibility index (Phi) is 3.71. The predicted molar refractivity (Wildman–Crippen MR) is 77.3 cm³/mol. The van der Waals surface area contributed by atoms with Crippen LogP contribution in [0.25, 0.3) is 10.8 Å². The molecule has 0 saturated carbocycles. The molecule has 0 amide bonds. The third-order valence-corrected chi connectivity index (χ3v) is 3.24. The van der Waals surface area contributed by atoms with Crippen molar-refractivity contribution in [3.05, 3.63) is 30.0 Å². The van der Waals surface area contributed by atoms with Crippen molar-refractivity contribution in [3.8, 4) is 0 Å². The summed E-state index contributed by atoms with van der Waals surface area (Å²) < 4.78 is 0. The van der Waals surface area contributed by atoms with Crippen LogP contribution in [-0.4, -0.2) is 21.6 Å². The van der Waals surface area contributed by atoms with Gasteiger partial charge in [0.2, 0.25) is 0 Å². The average molecular weight is 264 g/mol. The van der Waals surface area contributed by atoms with E-state index < -0.39 is 0 Å². The number of nitrogens with zero attached hydrogens (tertiary/aromatic N) is 2. The Bertz CT molecular complexity index is 552. The van der Waals surface area contributed by atoms with Gasteiger partial charge in [-0.1, -0.05) is 24.3 Å². The number of anilines is 1. The minimum Gasteiger partial charge on any atom is -0.363 e. The molecule has 0 bridgehead atoms. The van der Waals surface area contributed by atoms with Crippen LogP contribution >= 0.6 is 11.6 Å². The van der Waals surface area contributed by atoms with Crippen LogP contribution in [-0.2, 0) is 0 Å². The smallest absolute Gasteiger partial charge is 0.157 e. The predicted octanol–water partition coefficient (Wildman–Crippen LogP) is 3.76. The highest BCUT2D eigenvalue weighted by Crippen LogP contribution is 2.25. The van der Waals surface area contributed by atoms with Crippen molar-refractivity contribution in [1.82, 2.24) is 10.2 Å². The van der Waals surface area contributed by atoms with Gasteiger partial charge in [0.25, 0.3) is 0 Å². The lowest BCUT2D eigenvalue weighted by Gasteiger charge is -2.26. The van der Waals surface area contributed by atoms with Crippen LogP contribution in [0.1, 0.15) is 26.0 Å². The monoisotopic (exact) mass is 263 g/mol. The Labute approximate surface area is 113 Å². The maximum Gasteiger partial charge on any atom is 0.157 e. The molecule has 1 aromatic heterocycles. The van der Waals surface area contributed by atoms with E-state index in [1.807, 2.05) is 19.1 Å². The second-order valence-corrected chi connectivity index (χ2v) is 5.51. The van der Waals surface area contributed by atoms with E-state index in [9.17, 15) is 0 Å². The molecule has 2 rings (SSSR count). The molecule has 2 aromatic rings. The van der Waals surface area contributed by atoms with Crippen LogP contribution in [0.3, 0.4) is 0 Å². The molecule has 0 aliphatic carbocycles. The number of aryl methyl sites for hydroxylation is 1.